The molecule has 0 saturated carbocycles. The van der Waals surface area contributed by atoms with Gasteiger partial charge >= 0.3 is 6.18 Å². The van der Waals surface area contributed by atoms with Crippen LogP contribution in [0.25, 0.3) is 0 Å². The van der Waals surface area contributed by atoms with Gasteiger partial charge in [-0.25, -0.2) is 26.7 Å². The largest absolute Gasteiger partial charge is 0.416 e. The SMILES string of the molecule is NS(=O)(=O)c1ccc(CNS(=O)(=O)c2ccc(C(F)(F)F)cc2)cc1. The summed E-state index contributed by atoms with van der Waals surface area (Å²) in [5.41, 5.74) is -0.507. The van der Waals surface area contributed by atoms with Gasteiger partial charge in [0, 0.05) is 6.54 Å². The monoisotopic (exact) mass is 394 g/mol. The number of nitrogens with two attached hydrogens (primary N) is 1. The Morgan fingerprint density at radius 1 is 0.840 bits per heavy atom. The van der Waals surface area contributed by atoms with Gasteiger partial charge in [-0.1, -0.05) is 12.1 Å². The summed E-state index contributed by atoms with van der Waals surface area (Å²) in [5.74, 6) is 0. The topological polar surface area (TPSA) is 106 Å². The van der Waals surface area contributed by atoms with Crippen LogP contribution in [0.1, 0.15) is 11.1 Å². The van der Waals surface area contributed by atoms with Gasteiger partial charge in [0.15, 0.2) is 0 Å². The highest BCUT2D eigenvalue weighted by Gasteiger charge is 2.30. The number of sulfonamides is 2. The Morgan fingerprint density at radius 3 is 1.76 bits per heavy atom. The molecule has 0 unspecified atom stereocenters. The van der Waals surface area contributed by atoms with Gasteiger partial charge in [-0.15, -0.1) is 0 Å². The minimum atomic E-state index is -4.55. The Balaban J connectivity index is 2.11. The van der Waals surface area contributed by atoms with E-state index >= 15 is 0 Å². The van der Waals surface area contributed by atoms with Crippen molar-refractivity contribution in [3.8, 4) is 0 Å². The van der Waals surface area contributed by atoms with Crippen LogP contribution in [0.4, 0.5) is 13.2 Å². The molecule has 0 atom stereocenters. The van der Waals surface area contributed by atoms with E-state index in [9.17, 15) is 30.0 Å². The molecule has 0 heterocycles. The molecular weight excluding hydrogens is 381 g/mol. The second-order valence-corrected chi connectivity index (χ2v) is 8.36. The predicted molar refractivity (Wildman–Crippen MR) is 83.3 cm³/mol. The lowest BCUT2D eigenvalue weighted by Gasteiger charge is -2.09. The molecule has 0 bridgehead atoms. The average molecular weight is 394 g/mol. The first-order chi connectivity index (χ1) is 11.4. The molecule has 2 rings (SSSR count). The molecule has 0 aliphatic rings. The van der Waals surface area contributed by atoms with Gasteiger partial charge in [0.1, 0.15) is 0 Å². The Labute approximate surface area is 142 Å². The van der Waals surface area contributed by atoms with Crippen LogP contribution >= 0.6 is 0 Å². The second-order valence-electron chi connectivity index (χ2n) is 5.04. The normalized spacial score (nSPS) is 13.0. The summed E-state index contributed by atoms with van der Waals surface area (Å²) in [7, 11) is -7.87. The molecule has 0 fully saturated rings. The first-order valence-corrected chi connectivity index (χ1v) is 9.71. The molecular formula is C14H13F3N2O4S2. The zero-order valence-corrected chi connectivity index (χ0v) is 14.1. The van der Waals surface area contributed by atoms with Gasteiger partial charge in [0.05, 0.1) is 15.4 Å². The maximum Gasteiger partial charge on any atom is 0.416 e. The summed E-state index contributed by atoms with van der Waals surface area (Å²) in [4.78, 5) is -0.441. The number of alkyl halides is 3. The van der Waals surface area contributed by atoms with Crippen molar-refractivity contribution in [2.24, 2.45) is 5.14 Å². The van der Waals surface area contributed by atoms with Gasteiger partial charge in [-0.2, -0.15) is 13.2 Å². The highest BCUT2D eigenvalue weighted by atomic mass is 32.2. The van der Waals surface area contributed by atoms with Crippen LogP contribution in [0.3, 0.4) is 0 Å². The van der Waals surface area contributed by atoms with Gasteiger partial charge in [-0.3, -0.25) is 0 Å². The van der Waals surface area contributed by atoms with E-state index in [1.807, 2.05) is 0 Å². The first-order valence-electron chi connectivity index (χ1n) is 6.68. The zero-order valence-electron chi connectivity index (χ0n) is 12.5. The fourth-order valence-corrected chi connectivity index (χ4v) is 3.41. The molecule has 6 nitrogen and oxygen atoms in total. The summed E-state index contributed by atoms with van der Waals surface area (Å²) in [6, 6.07) is 8.24. The molecule has 11 heteroatoms. The number of nitrogens with one attached hydrogen (secondary N) is 1. The number of hydrogen-bond donors (Lipinski definition) is 2. The average Bonchev–Trinajstić information content (AvgIpc) is 2.52. The first kappa shape index (κ1) is 19.4. The Morgan fingerprint density at radius 2 is 1.32 bits per heavy atom. The molecule has 0 radical (unpaired) electrons. The van der Waals surface area contributed by atoms with E-state index in [1.165, 1.54) is 24.3 Å². The maximum atomic E-state index is 12.5. The van der Waals surface area contributed by atoms with E-state index in [0.29, 0.717) is 17.7 Å². The second kappa shape index (κ2) is 6.75. The molecule has 0 aliphatic heterocycles. The molecule has 0 aromatic heterocycles. The lowest BCUT2D eigenvalue weighted by molar-refractivity contribution is -0.137. The quantitative estimate of drug-likeness (QED) is 0.807. The van der Waals surface area contributed by atoms with Crippen molar-refractivity contribution in [2.45, 2.75) is 22.5 Å². The van der Waals surface area contributed by atoms with Crippen molar-refractivity contribution >= 4 is 20.0 Å². The van der Waals surface area contributed by atoms with Gasteiger partial charge in [0.2, 0.25) is 20.0 Å². The Kier molecular flexibility index (Phi) is 5.23. The minimum absolute atomic E-state index is 0.123. The number of rotatable bonds is 5. The van der Waals surface area contributed by atoms with Gasteiger partial charge in [0.25, 0.3) is 0 Å². The molecule has 0 amide bonds. The Hall–Kier alpha value is -1.95. The Bertz CT molecular complexity index is 953. The minimum Gasteiger partial charge on any atom is -0.225 e. The van der Waals surface area contributed by atoms with Crippen LogP contribution in [0.2, 0.25) is 0 Å². The molecule has 0 aliphatic carbocycles. The fourth-order valence-electron chi connectivity index (χ4n) is 1.88. The summed E-state index contributed by atoms with van der Waals surface area (Å²) in [6.07, 6.45) is -4.55. The standard InChI is InChI=1S/C14H13F3N2O4S2/c15-14(16,17)11-3-7-13(8-4-11)25(22,23)19-9-10-1-5-12(6-2-10)24(18,20)21/h1-8,19H,9H2,(H2,18,20,21). The van der Waals surface area contributed by atoms with Gasteiger partial charge < -0.3 is 0 Å². The lowest BCUT2D eigenvalue weighted by Crippen LogP contribution is -2.23. The molecule has 2 aromatic carbocycles. The predicted octanol–water partition coefficient (Wildman–Crippen LogP) is 1.83. The van der Waals surface area contributed by atoms with Crippen molar-refractivity contribution in [1.29, 1.82) is 0 Å². The van der Waals surface area contributed by atoms with E-state index in [1.54, 1.807) is 0 Å². The third-order valence-corrected chi connectivity index (χ3v) is 5.56. The van der Waals surface area contributed by atoms with E-state index in [4.69, 9.17) is 5.14 Å². The van der Waals surface area contributed by atoms with Crippen LogP contribution in [0, 0.1) is 0 Å². The van der Waals surface area contributed by atoms with Crippen molar-refractivity contribution in [3.63, 3.8) is 0 Å². The summed E-state index contributed by atoms with van der Waals surface area (Å²) >= 11 is 0. The molecule has 2 aromatic rings. The third-order valence-electron chi connectivity index (χ3n) is 3.21. The van der Waals surface area contributed by atoms with Crippen LogP contribution in [0.5, 0.6) is 0 Å². The summed E-state index contributed by atoms with van der Waals surface area (Å²) < 4.78 is 86.1. The smallest absolute Gasteiger partial charge is 0.225 e. The van der Waals surface area contributed by atoms with Gasteiger partial charge in [-0.05, 0) is 42.0 Å². The maximum absolute atomic E-state index is 12.5. The summed E-state index contributed by atoms with van der Waals surface area (Å²) in [5, 5.41) is 4.95. The van der Waals surface area contributed by atoms with Crippen LogP contribution in [-0.4, -0.2) is 16.8 Å². The molecule has 136 valence electrons. The molecule has 3 N–H and O–H groups in total. The molecule has 0 saturated heterocycles. The molecule has 0 spiro atoms. The zero-order chi connectivity index (χ0) is 18.9. The number of benzene rings is 2. The molecule has 25 heavy (non-hydrogen) atoms. The number of halogens is 3. The van der Waals surface area contributed by atoms with E-state index in [2.05, 4.69) is 4.72 Å². The summed E-state index contributed by atoms with van der Waals surface area (Å²) in [6.45, 7) is -0.172. The van der Waals surface area contributed by atoms with E-state index in [-0.39, 0.29) is 16.3 Å². The fraction of sp³-hybridized carbons (Fsp3) is 0.143. The lowest BCUT2D eigenvalue weighted by atomic mass is 10.2. The highest BCUT2D eigenvalue weighted by Crippen LogP contribution is 2.29. The van der Waals surface area contributed by atoms with Crippen LogP contribution in [0.15, 0.2) is 58.3 Å². The van der Waals surface area contributed by atoms with Crippen molar-refractivity contribution in [2.75, 3.05) is 0 Å². The van der Waals surface area contributed by atoms with Crippen LogP contribution < -0.4 is 9.86 Å². The van der Waals surface area contributed by atoms with E-state index in [0.717, 1.165) is 12.1 Å². The highest BCUT2D eigenvalue weighted by molar-refractivity contribution is 7.89. The number of hydrogen-bond acceptors (Lipinski definition) is 4. The van der Waals surface area contributed by atoms with Crippen LogP contribution in [-0.2, 0) is 32.8 Å². The van der Waals surface area contributed by atoms with Crippen molar-refractivity contribution < 1.29 is 30.0 Å². The van der Waals surface area contributed by atoms with Crippen molar-refractivity contribution in [1.82, 2.24) is 4.72 Å². The van der Waals surface area contributed by atoms with Crippen molar-refractivity contribution in [3.05, 3.63) is 59.7 Å². The third kappa shape index (κ3) is 5.01. The van der Waals surface area contributed by atoms with E-state index < -0.39 is 31.8 Å². The number of primary sulfonamides is 1.